The van der Waals surface area contributed by atoms with Crippen molar-refractivity contribution >= 4 is 11.8 Å². The Kier molecular flexibility index (Phi) is 3.97. The molecule has 0 aliphatic rings. The quantitative estimate of drug-likeness (QED) is 0.822. The number of thioether (sulfide) groups is 1. The Hall–Kier alpha value is -1.13. The summed E-state index contributed by atoms with van der Waals surface area (Å²) in [5.41, 5.74) is 6.16. The zero-order chi connectivity index (χ0) is 12.3. The normalized spacial score (nSPS) is 14.8. The van der Waals surface area contributed by atoms with Crippen LogP contribution in [0.15, 0.2) is 44.5 Å². The van der Waals surface area contributed by atoms with E-state index >= 15 is 0 Å². The highest BCUT2D eigenvalue weighted by atomic mass is 32.2. The topological polar surface area (TPSA) is 52.3 Å². The molecule has 2 N–H and O–H groups in total. The molecular weight excluding hydrogens is 234 g/mol. The minimum Gasteiger partial charge on any atom is -0.468 e. The van der Waals surface area contributed by atoms with E-state index in [4.69, 9.17) is 14.6 Å². The van der Waals surface area contributed by atoms with Crippen molar-refractivity contribution in [3.63, 3.8) is 0 Å². The van der Waals surface area contributed by atoms with Gasteiger partial charge in [0.25, 0.3) is 0 Å². The summed E-state index contributed by atoms with van der Waals surface area (Å²) in [5.74, 6) is 1.85. The first-order valence-corrected chi connectivity index (χ1v) is 6.60. The molecule has 0 aromatic carbocycles. The minimum atomic E-state index is 0.0699. The van der Waals surface area contributed by atoms with E-state index in [2.05, 4.69) is 6.92 Å². The molecule has 92 valence electrons. The van der Waals surface area contributed by atoms with Crippen LogP contribution in [0.1, 0.15) is 30.1 Å². The molecule has 17 heavy (non-hydrogen) atoms. The van der Waals surface area contributed by atoms with Crippen LogP contribution in [0.2, 0.25) is 0 Å². The SMILES string of the molecule is CCC(N)C(Sc1ccoc1C)c1ccco1. The van der Waals surface area contributed by atoms with Crippen LogP contribution in [0.4, 0.5) is 0 Å². The van der Waals surface area contributed by atoms with Crippen molar-refractivity contribution in [1.29, 1.82) is 0 Å². The summed E-state index contributed by atoms with van der Waals surface area (Å²) >= 11 is 1.70. The summed E-state index contributed by atoms with van der Waals surface area (Å²) in [6.45, 7) is 4.04. The molecular formula is C13H17NO2S. The highest BCUT2D eigenvalue weighted by Crippen LogP contribution is 2.39. The molecule has 2 aromatic rings. The standard InChI is InChI=1S/C13H17NO2S/c1-3-10(14)13(11-5-4-7-16-11)17-12-6-8-15-9(12)2/h4-8,10,13H,3,14H2,1-2H3. The third kappa shape index (κ3) is 2.76. The van der Waals surface area contributed by atoms with Gasteiger partial charge in [0.2, 0.25) is 0 Å². The summed E-state index contributed by atoms with van der Waals surface area (Å²) < 4.78 is 10.8. The van der Waals surface area contributed by atoms with Crippen LogP contribution in [-0.4, -0.2) is 6.04 Å². The lowest BCUT2D eigenvalue weighted by molar-refractivity contribution is 0.473. The highest BCUT2D eigenvalue weighted by molar-refractivity contribution is 7.99. The smallest absolute Gasteiger partial charge is 0.118 e. The molecule has 0 radical (unpaired) electrons. The lowest BCUT2D eigenvalue weighted by atomic mass is 10.1. The predicted molar refractivity (Wildman–Crippen MR) is 69.0 cm³/mol. The highest BCUT2D eigenvalue weighted by Gasteiger charge is 2.23. The second kappa shape index (κ2) is 5.47. The molecule has 0 spiro atoms. The minimum absolute atomic E-state index is 0.0699. The van der Waals surface area contributed by atoms with Crippen LogP contribution in [0, 0.1) is 6.92 Å². The monoisotopic (exact) mass is 251 g/mol. The van der Waals surface area contributed by atoms with E-state index in [1.54, 1.807) is 24.3 Å². The van der Waals surface area contributed by atoms with E-state index in [1.807, 2.05) is 25.1 Å². The van der Waals surface area contributed by atoms with Gasteiger partial charge in [0.15, 0.2) is 0 Å². The number of hydrogen-bond acceptors (Lipinski definition) is 4. The fraction of sp³-hybridized carbons (Fsp3) is 0.385. The Bertz CT molecular complexity index is 450. The van der Waals surface area contributed by atoms with Crippen molar-refractivity contribution in [2.75, 3.05) is 0 Å². The van der Waals surface area contributed by atoms with Gasteiger partial charge in [0.1, 0.15) is 11.5 Å². The van der Waals surface area contributed by atoms with Gasteiger partial charge in [-0.3, -0.25) is 0 Å². The zero-order valence-corrected chi connectivity index (χ0v) is 10.9. The van der Waals surface area contributed by atoms with E-state index in [9.17, 15) is 0 Å². The van der Waals surface area contributed by atoms with E-state index in [0.717, 1.165) is 22.8 Å². The van der Waals surface area contributed by atoms with Crippen molar-refractivity contribution < 1.29 is 8.83 Å². The zero-order valence-electron chi connectivity index (χ0n) is 10.1. The first-order chi connectivity index (χ1) is 8.22. The Morgan fingerprint density at radius 2 is 2.12 bits per heavy atom. The second-order valence-corrected chi connectivity index (χ2v) is 5.15. The molecule has 0 fully saturated rings. The van der Waals surface area contributed by atoms with E-state index in [-0.39, 0.29) is 11.3 Å². The van der Waals surface area contributed by atoms with Gasteiger partial charge in [-0.1, -0.05) is 6.92 Å². The molecule has 0 bridgehead atoms. The van der Waals surface area contributed by atoms with Gasteiger partial charge < -0.3 is 14.6 Å². The Labute approximate surface area is 105 Å². The first kappa shape index (κ1) is 12.3. The molecule has 2 unspecified atom stereocenters. The van der Waals surface area contributed by atoms with E-state index in [0.29, 0.717) is 0 Å². The lowest BCUT2D eigenvalue weighted by Gasteiger charge is -2.19. The molecule has 0 aliphatic carbocycles. The van der Waals surface area contributed by atoms with Crippen LogP contribution < -0.4 is 5.73 Å². The van der Waals surface area contributed by atoms with Crippen LogP contribution in [0.25, 0.3) is 0 Å². The summed E-state index contributed by atoms with van der Waals surface area (Å²) in [5, 5.41) is 0.131. The van der Waals surface area contributed by atoms with Gasteiger partial charge in [-0.2, -0.15) is 0 Å². The maximum absolute atomic E-state index is 6.16. The van der Waals surface area contributed by atoms with Crippen LogP contribution >= 0.6 is 11.8 Å². The van der Waals surface area contributed by atoms with E-state index < -0.39 is 0 Å². The summed E-state index contributed by atoms with van der Waals surface area (Å²) in [7, 11) is 0. The molecule has 0 aliphatic heterocycles. The first-order valence-electron chi connectivity index (χ1n) is 5.72. The average Bonchev–Trinajstić information content (AvgIpc) is 2.97. The maximum Gasteiger partial charge on any atom is 0.118 e. The van der Waals surface area contributed by atoms with Crippen molar-refractivity contribution in [3.8, 4) is 0 Å². The van der Waals surface area contributed by atoms with Crippen LogP contribution in [0.3, 0.4) is 0 Å². The van der Waals surface area contributed by atoms with Gasteiger partial charge in [0, 0.05) is 10.9 Å². The molecule has 2 atom stereocenters. The molecule has 2 aromatic heterocycles. The fourth-order valence-corrected chi connectivity index (χ4v) is 2.90. The molecule has 2 heterocycles. The molecule has 0 saturated heterocycles. The Balaban J connectivity index is 2.20. The third-order valence-corrected chi connectivity index (χ3v) is 4.26. The second-order valence-electron chi connectivity index (χ2n) is 3.97. The van der Waals surface area contributed by atoms with Gasteiger partial charge in [-0.25, -0.2) is 0 Å². The molecule has 2 rings (SSSR count). The summed E-state index contributed by atoms with van der Waals surface area (Å²) in [6, 6.07) is 5.91. The van der Waals surface area contributed by atoms with Crippen molar-refractivity contribution in [1.82, 2.24) is 0 Å². The maximum atomic E-state index is 6.16. The molecule has 3 nitrogen and oxygen atoms in total. The molecule has 0 saturated carbocycles. The van der Waals surface area contributed by atoms with Crippen molar-refractivity contribution in [2.24, 2.45) is 5.73 Å². The lowest BCUT2D eigenvalue weighted by Crippen LogP contribution is -2.25. The van der Waals surface area contributed by atoms with E-state index in [1.165, 1.54) is 0 Å². The number of aryl methyl sites for hydroxylation is 1. The van der Waals surface area contributed by atoms with Crippen LogP contribution in [0.5, 0.6) is 0 Å². The van der Waals surface area contributed by atoms with Gasteiger partial charge in [-0.05, 0) is 31.5 Å². The molecule has 4 heteroatoms. The van der Waals surface area contributed by atoms with Crippen LogP contribution in [-0.2, 0) is 0 Å². The summed E-state index contributed by atoms with van der Waals surface area (Å²) in [6.07, 6.45) is 4.30. The Morgan fingerprint density at radius 3 is 2.65 bits per heavy atom. The predicted octanol–water partition coefficient (Wildman–Crippen LogP) is 3.75. The van der Waals surface area contributed by atoms with Crippen molar-refractivity contribution in [3.05, 3.63) is 42.2 Å². The number of nitrogens with two attached hydrogens (primary N) is 1. The summed E-state index contributed by atoms with van der Waals surface area (Å²) in [4.78, 5) is 1.12. The van der Waals surface area contributed by atoms with Gasteiger partial charge in [0.05, 0.1) is 17.8 Å². The number of hydrogen-bond donors (Lipinski definition) is 1. The third-order valence-electron chi connectivity index (χ3n) is 2.75. The number of furan rings is 2. The number of rotatable bonds is 5. The fourth-order valence-electron chi connectivity index (χ4n) is 1.66. The molecule has 0 amide bonds. The van der Waals surface area contributed by atoms with Gasteiger partial charge in [-0.15, -0.1) is 11.8 Å². The average molecular weight is 251 g/mol. The van der Waals surface area contributed by atoms with Gasteiger partial charge >= 0.3 is 0 Å². The largest absolute Gasteiger partial charge is 0.468 e. The van der Waals surface area contributed by atoms with Crippen molar-refractivity contribution in [2.45, 2.75) is 36.5 Å². The Morgan fingerprint density at radius 1 is 1.29 bits per heavy atom.